The van der Waals surface area contributed by atoms with Crippen LogP contribution in [0, 0.1) is 11.7 Å². The number of nitrogens with one attached hydrogen (secondary N) is 4. The first-order valence-corrected chi connectivity index (χ1v) is 14.4. The molecular weight excluding hydrogens is 499 g/mol. The topological polar surface area (TPSA) is 82.3 Å². The number of benzene rings is 2. The third-order valence-corrected chi connectivity index (χ3v) is 8.65. The van der Waals surface area contributed by atoms with Crippen molar-refractivity contribution < 1.29 is 14.0 Å². The molecule has 1 aromatic heterocycles. The van der Waals surface area contributed by atoms with E-state index < -0.39 is 6.04 Å². The standard InChI is InChI=1S/C30H35FN4O2S/c31-23-11-12-25-24(18-23)22(19-33-25)15-16-32-29(36)26(17-20-7-3-1-4-8-20)34-30(37)35-28-14-13-27(38-28)21-9-5-2-6-10-21/h2,5-6,9-14,18,20,22,26,33H,1,3-4,7-8,15-17,19H2,(H,32,36)(H2,34,35,37)/t22?,26-/m0/s1. The molecule has 1 fully saturated rings. The van der Waals surface area contributed by atoms with Crippen LogP contribution in [-0.4, -0.2) is 31.1 Å². The van der Waals surface area contributed by atoms with Crippen LogP contribution < -0.4 is 21.3 Å². The normalized spacial score (nSPS) is 17.8. The smallest absolute Gasteiger partial charge is 0.320 e. The van der Waals surface area contributed by atoms with E-state index in [1.165, 1.54) is 36.7 Å². The molecule has 0 radical (unpaired) electrons. The van der Waals surface area contributed by atoms with Gasteiger partial charge in [0.25, 0.3) is 0 Å². The van der Waals surface area contributed by atoms with E-state index in [1.54, 1.807) is 12.1 Å². The summed E-state index contributed by atoms with van der Waals surface area (Å²) in [4.78, 5) is 27.2. The van der Waals surface area contributed by atoms with Crippen molar-refractivity contribution in [2.24, 2.45) is 5.92 Å². The number of carbonyl (C=O) groups is 2. The van der Waals surface area contributed by atoms with Crippen molar-refractivity contribution in [1.82, 2.24) is 10.6 Å². The van der Waals surface area contributed by atoms with E-state index in [0.29, 0.717) is 25.3 Å². The molecule has 2 heterocycles. The second kappa shape index (κ2) is 12.4. The van der Waals surface area contributed by atoms with E-state index in [4.69, 9.17) is 0 Å². The Morgan fingerprint density at radius 3 is 2.66 bits per heavy atom. The van der Waals surface area contributed by atoms with Gasteiger partial charge >= 0.3 is 6.03 Å². The highest BCUT2D eigenvalue weighted by atomic mass is 32.1. The van der Waals surface area contributed by atoms with E-state index >= 15 is 0 Å². The Morgan fingerprint density at radius 1 is 1.03 bits per heavy atom. The maximum Gasteiger partial charge on any atom is 0.320 e. The molecule has 1 saturated carbocycles. The highest BCUT2D eigenvalue weighted by Gasteiger charge is 2.27. The van der Waals surface area contributed by atoms with E-state index in [9.17, 15) is 14.0 Å². The minimum absolute atomic E-state index is 0.145. The molecule has 6 nitrogen and oxygen atoms in total. The van der Waals surface area contributed by atoms with Gasteiger partial charge < -0.3 is 16.0 Å². The van der Waals surface area contributed by atoms with Gasteiger partial charge in [0.15, 0.2) is 0 Å². The van der Waals surface area contributed by atoms with Gasteiger partial charge in [-0.05, 0) is 60.2 Å². The van der Waals surface area contributed by atoms with Crippen LogP contribution in [0.25, 0.3) is 10.4 Å². The van der Waals surface area contributed by atoms with Crippen molar-refractivity contribution in [2.75, 3.05) is 23.7 Å². The van der Waals surface area contributed by atoms with Gasteiger partial charge in [0.2, 0.25) is 5.91 Å². The number of thiophene rings is 1. The van der Waals surface area contributed by atoms with Crippen molar-refractivity contribution in [2.45, 2.75) is 56.9 Å². The zero-order chi connectivity index (χ0) is 26.3. The molecule has 2 aliphatic rings. The van der Waals surface area contributed by atoms with Crippen LogP contribution in [0.4, 0.5) is 19.9 Å². The molecule has 1 unspecified atom stereocenters. The van der Waals surface area contributed by atoms with Gasteiger partial charge in [-0.25, -0.2) is 9.18 Å². The molecule has 1 aliphatic heterocycles. The van der Waals surface area contributed by atoms with E-state index in [0.717, 1.165) is 46.1 Å². The summed E-state index contributed by atoms with van der Waals surface area (Å²) in [6, 6.07) is 17.7. The quantitative estimate of drug-likeness (QED) is 0.246. The molecule has 200 valence electrons. The molecule has 0 bridgehead atoms. The fraction of sp³-hybridized carbons (Fsp3) is 0.400. The van der Waals surface area contributed by atoms with Crippen molar-refractivity contribution in [1.29, 1.82) is 0 Å². The molecule has 8 heteroatoms. The highest BCUT2D eigenvalue weighted by molar-refractivity contribution is 7.19. The molecule has 5 rings (SSSR count). The predicted octanol–water partition coefficient (Wildman–Crippen LogP) is 6.73. The molecule has 38 heavy (non-hydrogen) atoms. The zero-order valence-corrected chi connectivity index (χ0v) is 22.3. The lowest BCUT2D eigenvalue weighted by molar-refractivity contribution is -0.123. The summed E-state index contributed by atoms with van der Waals surface area (Å²) in [6.07, 6.45) is 7.11. The molecule has 4 N–H and O–H groups in total. The van der Waals surface area contributed by atoms with Crippen LogP contribution >= 0.6 is 11.3 Å². The van der Waals surface area contributed by atoms with Gasteiger partial charge in [-0.1, -0.05) is 62.4 Å². The Labute approximate surface area is 227 Å². The van der Waals surface area contributed by atoms with Crippen LogP contribution in [0.2, 0.25) is 0 Å². The molecule has 2 aromatic carbocycles. The third-order valence-electron chi connectivity index (χ3n) is 7.60. The van der Waals surface area contributed by atoms with Crippen LogP contribution in [0.3, 0.4) is 0 Å². The number of hydrogen-bond acceptors (Lipinski definition) is 4. The Kier molecular flexibility index (Phi) is 8.58. The number of carbonyl (C=O) groups excluding carboxylic acids is 2. The van der Waals surface area contributed by atoms with Gasteiger partial charge in [-0.15, -0.1) is 11.3 Å². The summed E-state index contributed by atoms with van der Waals surface area (Å²) in [6.45, 7) is 1.20. The molecule has 2 atom stereocenters. The summed E-state index contributed by atoms with van der Waals surface area (Å²) in [7, 11) is 0. The summed E-state index contributed by atoms with van der Waals surface area (Å²) in [5.41, 5.74) is 3.02. The number of rotatable bonds is 9. The van der Waals surface area contributed by atoms with E-state index in [2.05, 4.69) is 21.3 Å². The number of fused-ring (bicyclic) bond motifs is 1. The van der Waals surface area contributed by atoms with Crippen molar-refractivity contribution in [3.05, 3.63) is 72.0 Å². The number of hydrogen-bond donors (Lipinski definition) is 4. The number of amides is 3. The molecule has 0 spiro atoms. The predicted molar refractivity (Wildman–Crippen MR) is 152 cm³/mol. The second-order valence-corrected chi connectivity index (χ2v) is 11.4. The Bertz CT molecular complexity index is 1240. The average molecular weight is 535 g/mol. The number of halogens is 1. The monoisotopic (exact) mass is 534 g/mol. The Hall–Kier alpha value is -3.39. The maximum absolute atomic E-state index is 13.7. The maximum atomic E-state index is 13.7. The zero-order valence-electron chi connectivity index (χ0n) is 21.5. The van der Waals surface area contributed by atoms with Crippen LogP contribution in [0.15, 0.2) is 60.7 Å². The second-order valence-electron chi connectivity index (χ2n) is 10.3. The summed E-state index contributed by atoms with van der Waals surface area (Å²) >= 11 is 1.50. The SMILES string of the molecule is O=C(Nc1ccc(-c2ccccc2)s1)N[C@@H](CC1CCCCC1)C(=O)NCCC1CNc2ccc(F)cc21. The highest BCUT2D eigenvalue weighted by Crippen LogP contribution is 2.34. The fourth-order valence-corrected chi connectivity index (χ4v) is 6.49. The number of urea groups is 1. The minimum Gasteiger partial charge on any atom is -0.384 e. The van der Waals surface area contributed by atoms with Crippen molar-refractivity contribution in [3.8, 4) is 10.4 Å². The van der Waals surface area contributed by atoms with Crippen LogP contribution in [0.5, 0.6) is 0 Å². The Morgan fingerprint density at radius 2 is 1.84 bits per heavy atom. The molecular formula is C30H35FN4O2S. The first-order chi connectivity index (χ1) is 18.5. The fourth-order valence-electron chi connectivity index (χ4n) is 5.58. The van der Waals surface area contributed by atoms with Crippen molar-refractivity contribution >= 4 is 34.0 Å². The van der Waals surface area contributed by atoms with Gasteiger partial charge in [-0.2, -0.15) is 0 Å². The number of anilines is 2. The minimum atomic E-state index is -0.599. The molecule has 1 aliphatic carbocycles. The van der Waals surface area contributed by atoms with Gasteiger partial charge in [0, 0.05) is 29.6 Å². The lowest BCUT2D eigenvalue weighted by atomic mass is 9.84. The van der Waals surface area contributed by atoms with E-state index in [-0.39, 0.29) is 23.7 Å². The van der Waals surface area contributed by atoms with Crippen LogP contribution in [-0.2, 0) is 4.79 Å². The largest absolute Gasteiger partial charge is 0.384 e. The Balaban J connectivity index is 1.17. The van der Waals surface area contributed by atoms with E-state index in [1.807, 2.05) is 42.5 Å². The summed E-state index contributed by atoms with van der Waals surface area (Å²) < 4.78 is 13.7. The third kappa shape index (κ3) is 6.72. The van der Waals surface area contributed by atoms with Gasteiger partial charge in [-0.3, -0.25) is 10.1 Å². The van der Waals surface area contributed by atoms with Gasteiger partial charge in [0.05, 0.1) is 5.00 Å². The molecule has 0 saturated heterocycles. The first kappa shape index (κ1) is 26.2. The summed E-state index contributed by atoms with van der Waals surface area (Å²) in [5, 5.41) is 12.9. The average Bonchev–Trinajstić information content (AvgIpc) is 3.56. The molecule has 3 aromatic rings. The van der Waals surface area contributed by atoms with Crippen LogP contribution in [0.1, 0.15) is 56.4 Å². The van der Waals surface area contributed by atoms with Crippen molar-refractivity contribution in [3.63, 3.8) is 0 Å². The first-order valence-electron chi connectivity index (χ1n) is 13.6. The lowest BCUT2D eigenvalue weighted by Gasteiger charge is -2.26. The summed E-state index contributed by atoms with van der Waals surface area (Å²) in [5.74, 6) is 0.171. The lowest BCUT2D eigenvalue weighted by Crippen LogP contribution is -2.49. The molecule has 3 amide bonds. The van der Waals surface area contributed by atoms with Gasteiger partial charge in [0.1, 0.15) is 11.9 Å².